The van der Waals surface area contributed by atoms with Gasteiger partial charge in [-0.25, -0.2) is 4.79 Å². The first-order valence-electron chi connectivity index (χ1n) is 11.8. The average Bonchev–Trinajstić information content (AvgIpc) is 3.13. The van der Waals surface area contributed by atoms with Crippen LogP contribution in [0.4, 0.5) is 5.69 Å². The van der Waals surface area contributed by atoms with Gasteiger partial charge in [0.1, 0.15) is 18.1 Å². The molecule has 0 bridgehead atoms. The topological polar surface area (TPSA) is 80.0 Å². The number of ether oxygens (including phenoxy) is 1. The number of carbonyl (C=O) groups is 1. The third kappa shape index (κ3) is 3.63. The van der Waals surface area contributed by atoms with E-state index in [0.717, 1.165) is 41.8 Å². The van der Waals surface area contributed by atoms with E-state index in [0.29, 0.717) is 35.5 Å². The molecule has 6 nitrogen and oxygen atoms in total. The first-order valence-corrected chi connectivity index (χ1v) is 14.1. The van der Waals surface area contributed by atoms with E-state index in [1.54, 1.807) is 18.2 Å². The van der Waals surface area contributed by atoms with Gasteiger partial charge < -0.3 is 18.6 Å². The number of carboxylic acid groups (broad SMARTS) is 1. The van der Waals surface area contributed by atoms with Gasteiger partial charge in [-0.05, 0) is 98.7 Å². The monoisotopic (exact) mass is 481 g/mol. The zero-order chi connectivity index (χ0) is 24.1. The zero-order valence-electron chi connectivity index (χ0n) is 19.9. The van der Waals surface area contributed by atoms with Crippen molar-refractivity contribution < 1.29 is 23.3 Å². The van der Waals surface area contributed by atoms with Crippen LogP contribution in [0.15, 0.2) is 52.0 Å². The third-order valence-electron chi connectivity index (χ3n) is 7.14. The third-order valence-corrected chi connectivity index (χ3v) is 11.3. The predicted molar refractivity (Wildman–Crippen MR) is 134 cm³/mol. The van der Waals surface area contributed by atoms with Crippen LogP contribution in [-0.2, 0) is 28.7 Å². The molecule has 1 aromatic heterocycles. The number of fused-ring (bicyclic) bond motifs is 1. The maximum Gasteiger partial charge on any atom is 0.335 e. The van der Waals surface area contributed by atoms with E-state index in [9.17, 15) is 14.1 Å². The largest absolute Gasteiger partial charge is 0.487 e. The Morgan fingerprint density at radius 3 is 2.41 bits per heavy atom. The molecule has 2 aliphatic rings. The van der Waals surface area contributed by atoms with E-state index in [-0.39, 0.29) is 5.56 Å². The van der Waals surface area contributed by atoms with Crippen molar-refractivity contribution in [2.24, 2.45) is 0 Å². The van der Waals surface area contributed by atoms with Crippen molar-refractivity contribution in [1.29, 1.82) is 0 Å². The van der Waals surface area contributed by atoms with E-state index in [1.807, 2.05) is 37.2 Å². The molecule has 2 aromatic carbocycles. The van der Waals surface area contributed by atoms with Crippen molar-refractivity contribution in [3.8, 4) is 5.75 Å². The van der Waals surface area contributed by atoms with Crippen LogP contribution in [0.3, 0.4) is 0 Å². The van der Waals surface area contributed by atoms with Crippen LogP contribution >= 0.6 is 0 Å². The Labute approximate surface area is 200 Å². The molecule has 1 fully saturated rings. The minimum atomic E-state index is -3.30. The fourth-order valence-electron chi connectivity index (χ4n) is 5.05. The first kappa shape index (κ1) is 22.7. The smallest absolute Gasteiger partial charge is 0.335 e. The molecule has 5 rings (SSSR count). The van der Waals surface area contributed by atoms with Crippen LogP contribution < -0.4 is 9.04 Å². The van der Waals surface area contributed by atoms with Crippen LogP contribution in [0.2, 0.25) is 0 Å². The summed E-state index contributed by atoms with van der Waals surface area (Å²) < 4.78 is 29.0. The normalized spacial score (nSPS) is 18.5. The van der Waals surface area contributed by atoms with Gasteiger partial charge in [0, 0.05) is 27.3 Å². The second-order valence-corrected chi connectivity index (χ2v) is 13.5. The molecule has 0 amide bonds. The SMILES string of the molecule is CCN(c1cc2c(cc1OCc1ccc(C(=O)O)cc1C)CCC2)S1(=O)(c2ccc(C)o2)CC1. The van der Waals surface area contributed by atoms with Crippen molar-refractivity contribution >= 4 is 20.9 Å². The van der Waals surface area contributed by atoms with Crippen LogP contribution in [0.1, 0.15) is 51.7 Å². The second kappa shape index (κ2) is 8.01. The quantitative estimate of drug-likeness (QED) is 0.442. The number of anilines is 1. The number of carboxylic acids is 1. The molecule has 2 heterocycles. The molecule has 7 heteroatoms. The highest BCUT2D eigenvalue weighted by Gasteiger charge is 2.59. The van der Waals surface area contributed by atoms with Gasteiger partial charge in [0.2, 0.25) is 0 Å². The summed E-state index contributed by atoms with van der Waals surface area (Å²) in [6, 6.07) is 13.1. The van der Waals surface area contributed by atoms with E-state index in [4.69, 9.17) is 9.15 Å². The highest BCUT2D eigenvalue weighted by atomic mass is 32.3. The van der Waals surface area contributed by atoms with Gasteiger partial charge in [0.25, 0.3) is 0 Å². The fraction of sp³-hybridized carbons (Fsp3) is 0.370. The van der Waals surface area contributed by atoms with E-state index in [2.05, 4.69) is 12.1 Å². The van der Waals surface area contributed by atoms with Gasteiger partial charge in [0.15, 0.2) is 5.09 Å². The lowest BCUT2D eigenvalue weighted by Gasteiger charge is -2.38. The maximum absolute atomic E-state index is 14.6. The molecule has 0 unspecified atom stereocenters. The van der Waals surface area contributed by atoms with Gasteiger partial charge >= 0.3 is 5.97 Å². The number of hydrogen-bond donors (Lipinski definition) is 1. The summed E-state index contributed by atoms with van der Waals surface area (Å²) in [6.07, 6.45) is 3.14. The Bertz CT molecular complexity index is 1350. The number of furan rings is 1. The summed E-state index contributed by atoms with van der Waals surface area (Å²) >= 11 is 0. The Balaban J connectivity index is 1.53. The van der Waals surface area contributed by atoms with Crippen LogP contribution in [0, 0.1) is 13.8 Å². The Kier molecular flexibility index (Phi) is 5.35. The minimum absolute atomic E-state index is 0.263. The lowest BCUT2D eigenvalue weighted by atomic mass is 10.1. The van der Waals surface area contributed by atoms with Crippen molar-refractivity contribution in [2.75, 3.05) is 22.4 Å². The predicted octanol–water partition coefficient (Wildman–Crippen LogP) is 5.30. The van der Waals surface area contributed by atoms with Gasteiger partial charge in [0.05, 0.1) is 11.3 Å². The van der Waals surface area contributed by atoms with E-state index in [1.165, 1.54) is 11.1 Å². The van der Waals surface area contributed by atoms with Gasteiger partial charge in [-0.15, -0.1) is 0 Å². The zero-order valence-corrected chi connectivity index (χ0v) is 20.7. The van der Waals surface area contributed by atoms with Crippen LogP contribution in [0.5, 0.6) is 5.75 Å². The van der Waals surface area contributed by atoms with Crippen molar-refractivity contribution in [3.63, 3.8) is 0 Å². The molecular formula is C27H31NO5S. The Morgan fingerprint density at radius 1 is 1.09 bits per heavy atom. The number of benzene rings is 2. The maximum atomic E-state index is 14.6. The summed E-state index contributed by atoms with van der Waals surface area (Å²) in [5, 5.41) is 9.83. The van der Waals surface area contributed by atoms with Crippen LogP contribution in [-0.4, -0.2) is 33.3 Å². The highest BCUT2D eigenvalue weighted by molar-refractivity contribution is 8.26. The molecule has 180 valence electrons. The lowest BCUT2D eigenvalue weighted by molar-refractivity contribution is 0.0696. The number of aryl methyl sites for hydroxylation is 4. The van der Waals surface area contributed by atoms with Gasteiger partial charge in [-0.3, -0.25) is 4.21 Å². The number of hydrogen-bond acceptors (Lipinski definition) is 4. The second-order valence-electron chi connectivity index (χ2n) is 9.38. The molecule has 1 aliphatic heterocycles. The standard InChI is InChI=1S/C27H31NO5S/c1-4-28(34(31,12-13-34)26-11-8-19(3)33-26)24-15-20-6-5-7-21(20)16-25(24)32-17-23-10-9-22(27(29)30)14-18(23)2/h8-11,14-16H,4-7,12-13,17H2,1-3H3,(H,29,30). The van der Waals surface area contributed by atoms with Crippen molar-refractivity contribution in [2.45, 2.75) is 51.7 Å². The molecular weight excluding hydrogens is 450 g/mol. The molecule has 0 radical (unpaired) electrons. The summed E-state index contributed by atoms with van der Waals surface area (Å²) in [6.45, 7) is 6.68. The van der Waals surface area contributed by atoms with Crippen molar-refractivity contribution in [1.82, 2.24) is 0 Å². The highest BCUT2D eigenvalue weighted by Crippen LogP contribution is 2.55. The Morgan fingerprint density at radius 2 is 1.82 bits per heavy atom. The fourth-order valence-corrected chi connectivity index (χ4v) is 8.91. The number of rotatable bonds is 8. The molecule has 0 saturated carbocycles. The molecule has 34 heavy (non-hydrogen) atoms. The summed E-state index contributed by atoms with van der Waals surface area (Å²) in [5.74, 6) is 1.71. The molecule has 3 aromatic rings. The molecule has 1 N–H and O–H groups in total. The van der Waals surface area contributed by atoms with Gasteiger partial charge in [-0.2, -0.15) is 0 Å². The van der Waals surface area contributed by atoms with Gasteiger partial charge in [-0.1, -0.05) is 6.07 Å². The average molecular weight is 482 g/mol. The molecule has 1 aliphatic carbocycles. The van der Waals surface area contributed by atoms with E-state index >= 15 is 0 Å². The summed E-state index contributed by atoms with van der Waals surface area (Å²) in [5.41, 5.74) is 5.48. The molecule has 0 atom stereocenters. The molecule has 1 saturated heterocycles. The molecule has 0 spiro atoms. The number of aromatic carboxylic acids is 1. The van der Waals surface area contributed by atoms with Crippen LogP contribution in [0.25, 0.3) is 0 Å². The first-order chi connectivity index (χ1) is 16.2. The lowest BCUT2D eigenvalue weighted by Crippen LogP contribution is -2.41. The van der Waals surface area contributed by atoms with Crippen molar-refractivity contribution in [3.05, 3.63) is 76.0 Å². The minimum Gasteiger partial charge on any atom is -0.487 e. The summed E-state index contributed by atoms with van der Waals surface area (Å²) in [4.78, 5) is 11.3. The Hall–Kier alpha value is -3.06. The summed E-state index contributed by atoms with van der Waals surface area (Å²) in [7, 11) is -3.30. The van der Waals surface area contributed by atoms with E-state index < -0.39 is 15.2 Å². The number of nitrogens with zero attached hydrogens (tertiary/aromatic N) is 1.